The van der Waals surface area contributed by atoms with Crippen LogP contribution in [0.2, 0.25) is 0 Å². The molecule has 0 bridgehead atoms. The van der Waals surface area contributed by atoms with Gasteiger partial charge in [-0.15, -0.1) is 0 Å². The Bertz CT molecular complexity index is 248. The van der Waals surface area contributed by atoms with Gasteiger partial charge in [-0.2, -0.15) is 0 Å². The maximum Gasteiger partial charge on any atom is 0.293 e. The van der Waals surface area contributed by atoms with E-state index in [9.17, 15) is 4.79 Å². The number of rotatable bonds is 4. The summed E-state index contributed by atoms with van der Waals surface area (Å²) < 4.78 is 9.50. The summed E-state index contributed by atoms with van der Waals surface area (Å²) in [6, 6.07) is 0. The molecule has 0 aliphatic carbocycles. The third kappa shape index (κ3) is 1.84. The predicted octanol–water partition coefficient (Wildman–Crippen LogP) is 1.01. The van der Waals surface area contributed by atoms with Crippen molar-refractivity contribution in [3.8, 4) is 0 Å². The maximum atomic E-state index is 9.84. The summed E-state index contributed by atoms with van der Waals surface area (Å²) in [5.74, 6) is 0.794. The molecule has 0 aliphatic heterocycles. The number of ether oxygens (including phenoxy) is 1. The van der Waals surface area contributed by atoms with Crippen molar-refractivity contribution in [3.63, 3.8) is 0 Å². The molecule has 1 aromatic heterocycles. The van der Waals surface area contributed by atoms with Crippen LogP contribution in [0, 0.1) is 13.8 Å². The van der Waals surface area contributed by atoms with Crippen LogP contribution in [0.25, 0.3) is 0 Å². The van der Waals surface area contributed by atoms with Gasteiger partial charge in [-0.05, 0) is 13.8 Å². The lowest BCUT2D eigenvalue weighted by Crippen LogP contribution is -1.98. The molecule has 0 fully saturated rings. The second-order valence-corrected chi connectivity index (χ2v) is 2.52. The summed E-state index contributed by atoms with van der Waals surface area (Å²) in [5, 5.41) is 3.78. The molecule has 0 N–H and O–H groups in total. The largest absolute Gasteiger partial charge is 0.468 e. The van der Waals surface area contributed by atoms with Crippen LogP contribution in [-0.4, -0.2) is 18.2 Å². The number of aryl methyl sites for hydroxylation is 2. The third-order valence-electron chi connectivity index (χ3n) is 1.72. The van der Waals surface area contributed by atoms with Crippen LogP contribution in [0.15, 0.2) is 4.52 Å². The lowest BCUT2D eigenvalue weighted by molar-refractivity contribution is -0.128. The number of carbonyl (C=O) groups is 1. The third-order valence-corrected chi connectivity index (χ3v) is 1.72. The van der Waals surface area contributed by atoms with Crippen molar-refractivity contribution >= 4 is 6.47 Å². The molecule has 0 saturated carbocycles. The molecule has 0 saturated heterocycles. The molecule has 12 heavy (non-hydrogen) atoms. The van der Waals surface area contributed by atoms with Gasteiger partial charge in [0.1, 0.15) is 5.76 Å². The average Bonchev–Trinajstić information content (AvgIpc) is 2.35. The van der Waals surface area contributed by atoms with Gasteiger partial charge < -0.3 is 9.26 Å². The Hall–Kier alpha value is -1.32. The van der Waals surface area contributed by atoms with Crippen molar-refractivity contribution in [2.24, 2.45) is 0 Å². The fraction of sp³-hybridized carbons (Fsp3) is 0.500. The minimum Gasteiger partial charge on any atom is -0.468 e. The fourth-order valence-corrected chi connectivity index (χ4v) is 1.07. The molecule has 66 valence electrons. The molecule has 0 atom stereocenters. The topological polar surface area (TPSA) is 52.3 Å². The SMILES string of the molecule is Cc1noc(C)c1CCOC=O. The zero-order valence-corrected chi connectivity index (χ0v) is 7.16. The molecule has 0 amide bonds. The first-order valence-corrected chi connectivity index (χ1v) is 3.72. The van der Waals surface area contributed by atoms with Crippen LogP contribution >= 0.6 is 0 Å². The van der Waals surface area contributed by atoms with Crippen molar-refractivity contribution < 1.29 is 14.1 Å². The van der Waals surface area contributed by atoms with E-state index in [1.54, 1.807) is 0 Å². The van der Waals surface area contributed by atoms with Gasteiger partial charge in [0.15, 0.2) is 0 Å². The summed E-state index contributed by atoms with van der Waals surface area (Å²) in [6.45, 7) is 4.54. The molecular weight excluding hydrogens is 158 g/mol. The van der Waals surface area contributed by atoms with Crippen molar-refractivity contribution in [3.05, 3.63) is 17.0 Å². The molecular formula is C8H11NO3. The van der Waals surface area contributed by atoms with Crippen LogP contribution < -0.4 is 0 Å². The number of carbonyl (C=O) groups excluding carboxylic acids is 1. The zero-order chi connectivity index (χ0) is 8.97. The summed E-state index contributed by atoms with van der Waals surface area (Å²) in [6.07, 6.45) is 0.667. The minimum absolute atomic E-state index is 0.381. The quantitative estimate of drug-likeness (QED) is 0.498. The molecule has 0 aromatic carbocycles. The Morgan fingerprint density at radius 2 is 2.33 bits per heavy atom. The van der Waals surface area contributed by atoms with Gasteiger partial charge in [0.25, 0.3) is 6.47 Å². The Morgan fingerprint density at radius 1 is 1.58 bits per heavy atom. The van der Waals surface area contributed by atoms with Gasteiger partial charge in [0.05, 0.1) is 12.3 Å². The lowest BCUT2D eigenvalue weighted by Gasteiger charge is -1.97. The van der Waals surface area contributed by atoms with Gasteiger partial charge >= 0.3 is 0 Å². The first-order chi connectivity index (χ1) is 5.75. The highest BCUT2D eigenvalue weighted by molar-refractivity contribution is 5.37. The van der Waals surface area contributed by atoms with Gasteiger partial charge in [0, 0.05) is 12.0 Å². The van der Waals surface area contributed by atoms with Crippen molar-refractivity contribution in [2.75, 3.05) is 6.61 Å². The molecule has 1 rings (SSSR count). The standard InChI is InChI=1S/C8H11NO3/c1-6-8(3-4-11-5-10)7(2)12-9-6/h5H,3-4H2,1-2H3. The Labute approximate surface area is 70.5 Å². The molecule has 4 nitrogen and oxygen atoms in total. The summed E-state index contributed by atoms with van der Waals surface area (Å²) in [5.41, 5.74) is 1.89. The van der Waals surface area contributed by atoms with E-state index in [4.69, 9.17) is 4.52 Å². The number of hydrogen-bond donors (Lipinski definition) is 0. The highest BCUT2D eigenvalue weighted by atomic mass is 16.5. The second kappa shape index (κ2) is 3.90. The van der Waals surface area contributed by atoms with E-state index in [0.717, 1.165) is 17.0 Å². The van der Waals surface area contributed by atoms with Gasteiger partial charge in [-0.1, -0.05) is 5.16 Å². The second-order valence-electron chi connectivity index (χ2n) is 2.52. The van der Waals surface area contributed by atoms with E-state index < -0.39 is 0 Å². The van der Waals surface area contributed by atoms with E-state index >= 15 is 0 Å². The van der Waals surface area contributed by atoms with E-state index in [-0.39, 0.29) is 0 Å². The Kier molecular flexibility index (Phi) is 2.85. The van der Waals surface area contributed by atoms with Crippen LogP contribution in [-0.2, 0) is 16.0 Å². The van der Waals surface area contributed by atoms with Gasteiger partial charge in [0.2, 0.25) is 0 Å². The molecule has 0 spiro atoms. The first-order valence-electron chi connectivity index (χ1n) is 3.72. The predicted molar refractivity (Wildman–Crippen MR) is 41.7 cm³/mol. The number of hydrogen-bond acceptors (Lipinski definition) is 4. The van der Waals surface area contributed by atoms with Gasteiger partial charge in [-0.3, -0.25) is 4.79 Å². The molecule has 4 heteroatoms. The first kappa shape index (κ1) is 8.77. The minimum atomic E-state index is 0.381. The van der Waals surface area contributed by atoms with Crippen molar-refractivity contribution in [1.29, 1.82) is 0 Å². The zero-order valence-electron chi connectivity index (χ0n) is 7.16. The van der Waals surface area contributed by atoms with E-state index in [1.165, 1.54) is 0 Å². The monoisotopic (exact) mass is 169 g/mol. The van der Waals surface area contributed by atoms with E-state index in [0.29, 0.717) is 19.5 Å². The maximum absolute atomic E-state index is 9.84. The molecule has 0 radical (unpaired) electrons. The molecule has 1 aromatic rings. The normalized spacial score (nSPS) is 9.83. The highest BCUT2D eigenvalue weighted by Crippen LogP contribution is 2.12. The van der Waals surface area contributed by atoms with E-state index in [2.05, 4.69) is 9.89 Å². The Morgan fingerprint density at radius 3 is 2.83 bits per heavy atom. The molecule has 0 aliphatic rings. The van der Waals surface area contributed by atoms with Crippen LogP contribution in [0.3, 0.4) is 0 Å². The molecule has 1 heterocycles. The Balaban J connectivity index is 2.55. The number of aromatic nitrogens is 1. The van der Waals surface area contributed by atoms with Crippen LogP contribution in [0.5, 0.6) is 0 Å². The van der Waals surface area contributed by atoms with E-state index in [1.807, 2.05) is 13.8 Å². The lowest BCUT2D eigenvalue weighted by atomic mass is 10.1. The fourth-order valence-electron chi connectivity index (χ4n) is 1.07. The summed E-state index contributed by atoms with van der Waals surface area (Å²) in [7, 11) is 0. The average molecular weight is 169 g/mol. The smallest absolute Gasteiger partial charge is 0.293 e. The van der Waals surface area contributed by atoms with Crippen LogP contribution in [0.1, 0.15) is 17.0 Å². The van der Waals surface area contributed by atoms with Crippen LogP contribution in [0.4, 0.5) is 0 Å². The highest BCUT2D eigenvalue weighted by Gasteiger charge is 2.07. The van der Waals surface area contributed by atoms with Crippen molar-refractivity contribution in [2.45, 2.75) is 20.3 Å². The summed E-state index contributed by atoms with van der Waals surface area (Å²) in [4.78, 5) is 9.84. The summed E-state index contributed by atoms with van der Waals surface area (Å²) >= 11 is 0. The number of nitrogens with zero attached hydrogens (tertiary/aromatic N) is 1. The molecule has 0 unspecified atom stereocenters. The van der Waals surface area contributed by atoms with Gasteiger partial charge in [-0.25, -0.2) is 0 Å². The van der Waals surface area contributed by atoms with Crippen molar-refractivity contribution in [1.82, 2.24) is 5.16 Å².